The molecule has 0 aromatic heterocycles. The van der Waals surface area contributed by atoms with Crippen molar-refractivity contribution < 1.29 is 13.2 Å². The first-order chi connectivity index (χ1) is 6.49. The molecule has 1 aliphatic rings. The van der Waals surface area contributed by atoms with E-state index in [9.17, 15) is 13.2 Å². The second-order valence-electron chi connectivity index (χ2n) is 4.18. The molecular weight excluding hydrogens is 200 g/mol. The maximum atomic E-state index is 11.2. The van der Waals surface area contributed by atoms with Crippen molar-refractivity contribution in [2.24, 2.45) is 5.92 Å². The van der Waals surface area contributed by atoms with E-state index >= 15 is 0 Å². The van der Waals surface area contributed by atoms with E-state index in [1.165, 1.54) is 6.26 Å². The molecule has 0 amide bonds. The van der Waals surface area contributed by atoms with Crippen molar-refractivity contribution in [1.82, 2.24) is 0 Å². The topological polar surface area (TPSA) is 51.2 Å². The molecule has 1 rings (SSSR count). The average Bonchev–Trinajstić information content (AvgIpc) is 2.83. The van der Waals surface area contributed by atoms with Crippen LogP contribution in [0.3, 0.4) is 0 Å². The number of carbonyl (C=O) groups is 1. The van der Waals surface area contributed by atoms with Gasteiger partial charge in [0.05, 0.1) is 0 Å². The quantitative estimate of drug-likeness (QED) is 0.609. The third kappa shape index (κ3) is 5.37. The Morgan fingerprint density at radius 1 is 1.21 bits per heavy atom. The molecule has 1 fully saturated rings. The predicted octanol–water partition coefficient (Wildman–Crippen LogP) is 1.57. The standard InChI is InChI=1S/C10H18O3S/c1-14(12,13)8-4-2-3-5-10(11)9-6-7-9/h9H,2-8H2,1H3. The second-order valence-corrected chi connectivity index (χ2v) is 6.44. The van der Waals surface area contributed by atoms with Crippen LogP contribution in [0.4, 0.5) is 0 Å². The highest BCUT2D eigenvalue weighted by atomic mass is 32.2. The van der Waals surface area contributed by atoms with Crippen LogP contribution in [-0.4, -0.2) is 26.2 Å². The van der Waals surface area contributed by atoms with Gasteiger partial charge in [-0.3, -0.25) is 4.79 Å². The number of unbranched alkanes of at least 4 members (excludes halogenated alkanes) is 2. The van der Waals surface area contributed by atoms with Gasteiger partial charge in [-0.15, -0.1) is 0 Å². The van der Waals surface area contributed by atoms with E-state index in [0.717, 1.165) is 25.7 Å². The minimum absolute atomic E-state index is 0.255. The highest BCUT2D eigenvalue weighted by Crippen LogP contribution is 2.31. The van der Waals surface area contributed by atoms with Gasteiger partial charge < -0.3 is 0 Å². The summed E-state index contributed by atoms with van der Waals surface area (Å²) < 4.78 is 21.6. The lowest BCUT2D eigenvalue weighted by atomic mass is 10.1. The van der Waals surface area contributed by atoms with E-state index in [0.29, 0.717) is 24.5 Å². The van der Waals surface area contributed by atoms with E-state index in [4.69, 9.17) is 0 Å². The number of sulfone groups is 1. The van der Waals surface area contributed by atoms with Gasteiger partial charge >= 0.3 is 0 Å². The van der Waals surface area contributed by atoms with Crippen LogP contribution in [0.2, 0.25) is 0 Å². The molecular formula is C10H18O3S. The van der Waals surface area contributed by atoms with Gasteiger partial charge in [-0.05, 0) is 25.7 Å². The number of ketones is 1. The van der Waals surface area contributed by atoms with Crippen LogP contribution >= 0.6 is 0 Å². The zero-order valence-electron chi connectivity index (χ0n) is 8.66. The van der Waals surface area contributed by atoms with Crippen LogP contribution < -0.4 is 0 Å². The summed E-state index contributed by atoms with van der Waals surface area (Å²) in [6.45, 7) is 0. The summed E-state index contributed by atoms with van der Waals surface area (Å²) in [7, 11) is -2.81. The molecule has 3 nitrogen and oxygen atoms in total. The van der Waals surface area contributed by atoms with E-state index in [1.54, 1.807) is 0 Å². The molecule has 4 heteroatoms. The molecule has 0 unspecified atom stereocenters. The molecule has 82 valence electrons. The summed E-state index contributed by atoms with van der Waals surface area (Å²) in [6, 6.07) is 0. The molecule has 1 saturated carbocycles. The monoisotopic (exact) mass is 218 g/mol. The average molecular weight is 218 g/mol. The zero-order chi connectivity index (χ0) is 10.6. The Morgan fingerprint density at radius 2 is 1.86 bits per heavy atom. The van der Waals surface area contributed by atoms with Crippen molar-refractivity contribution in [1.29, 1.82) is 0 Å². The normalized spacial score (nSPS) is 16.9. The van der Waals surface area contributed by atoms with Gasteiger partial charge in [-0.2, -0.15) is 0 Å². The van der Waals surface area contributed by atoms with Gasteiger partial charge in [0.25, 0.3) is 0 Å². The number of rotatable bonds is 7. The Labute approximate surface area is 85.8 Å². The second kappa shape index (κ2) is 4.91. The van der Waals surface area contributed by atoms with Crippen molar-refractivity contribution in [2.45, 2.75) is 38.5 Å². The summed E-state index contributed by atoms with van der Waals surface area (Å²) in [6.07, 6.45) is 6.44. The van der Waals surface area contributed by atoms with Gasteiger partial charge in [-0.25, -0.2) is 8.42 Å². The summed E-state index contributed by atoms with van der Waals surface area (Å²) in [4.78, 5) is 11.2. The fourth-order valence-corrected chi connectivity index (χ4v) is 2.18. The molecule has 0 aliphatic heterocycles. The number of hydrogen-bond donors (Lipinski definition) is 0. The van der Waals surface area contributed by atoms with Crippen molar-refractivity contribution in [3.63, 3.8) is 0 Å². The largest absolute Gasteiger partial charge is 0.299 e. The van der Waals surface area contributed by atoms with Crippen molar-refractivity contribution >= 4 is 15.6 Å². The van der Waals surface area contributed by atoms with Crippen LogP contribution in [0.5, 0.6) is 0 Å². The lowest BCUT2D eigenvalue weighted by molar-refractivity contribution is -0.120. The maximum absolute atomic E-state index is 11.2. The van der Waals surface area contributed by atoms with Crippen molar-refractivity contribution in [2.75, 3.05) is 12.0 Å². The highest BCUT2D eigenvalue weighted by Gasteiger charge is 2.28. The molecule has 0 spiro atoms. The third-order valence-electron chi connectivity index (χ3n) is 2.47. The first-order valence-corrected chi connectivity index (χ1v) is 7.25. The first-order valence-electron chi connectivity index (χ1n) is 5.19. The highest BCUT2D eigenvalue weighted by molar-refractivity contribution is 7.90. The van der Waals surface area contributed by atoms with E-state index in [1.807, 2.05) is 0 Å². The Kier molecular flexibility index (Phi) is 4.11. The smallest absolute Gasteiger partial charge is 0.147 e. The molecule has 14 heavy (non-hydrogen) atoms. The van der Waals surface area contributed by atoms with Crippen LogP contribution in [0, 0.1) is 5.92 Å². The number of hydrogen-bond acceptors (Lipinski definition) is 3. The zero-order valence-corrected chi connectivity index (χ0v) is 9.48. The van der Waals surface area contributed by atoms with Crippen LogP contribution in [0.1, 0.15) is 38.5 Å². The first kappa shape index (κ1) is 11.7. The van der Waals surface area contributed by atoms with Gasteiger partial charge in [0.2, 0.25) is 0 Å². The third-order valence-corrected chi connectivity index (χ3v) is 3.50. The molecule has 0 aromatic rings. The van der Waals surface area contributed by atoms with Gasteiger partial charge in [0.1, 0.15) is 15.6 Å². The van der Waals surface area contributed by atoms with Crippen LogP contribution in [0.25, 0.3) is 0 Å². The van der Waals surface area contributed by atoms with Crippen molar-refractivity contribution in [3.05, 3.63) is 0 Å². The molecule has 0 aromatic carbocycles. The fourth-order valence-electron chi connectivity index (χ4n) is 1.45. The van der Waals surface area contributed by atoms with E-state index in [-0.39, 0.29) is 5.75 Å². The summed E-state index contributed by atoms with van der Waals surface area (Å²) in [5.41, 5.74) is 0. The minimum Gasteiger partial charge on any atom is -0.299 e. The Balaban J connectivity index is 1.96. The van der Waals surface area contributed by atoms with Gasteiger partial charge in [-0.1, -0.05) is 6.42 Å². The maximum Gasteiger partial charge on any atom is 0.147 e. The predicted molar refractivity (Wildman–Crippen MR) is 55.9 cm³/mol. The SMILES string of the molecule is CS(=O)(=O)CCCCCC(=O)C1CC1. The summed E-state index contributed by atoms with van der Waals surface area (Å²) in [5, 5.41) is 0. The Morgan fingerprint density at radius 3 is 2.36 bits per heavy atom. The van der Waals surface area contributed by atoms with Gasteiger partial charge in [0.15, 0.2) is 0 Å². The molecule has 0 N–H and O–H groups in total. The summed E-state index contributed by atoms with van der Waals surface area (Å²) in [5.74, 6) is 0.985. The molecule has 0 heterocycles. The summed E-state index contributed by atoms with van der Waals surface area (Å²) >= 11 is 0. The van der Waals surface area contributed by atoms with Gasteiger partial charge in [0, 0.05) is 24.3 Å². The Hall–Kier alpha value is -0.380. The van der Waals surface area contributed by atoms with E-state index < -0.39 is 9.84 Å². The molecule has 1 aliphatic carbocycles. The number of Topliss-reactive ketones (excluding diaryl/α,β-unsaturated/α-hetero) is 1. The molecule has 0 saturated heterocycles. The molecule has 0 bridgehead atoms. The van der Waals surface area contributed by atoms with Crippen LogP contribution in [0.15, 0.2) is 0 Å². The molecule has 0 atom stereocenters. The molecule has 0 radical (unpaired) electrons. The lowest BCUT2D eigenvalue weighted by Gasteiger charge is -1.99. The number of carbonyl (C=O) groups excluding carboxylic acids is 1. The van der Waals surface area contributed by atoms with E-state index in [2.05, 4.69) is 0 Å². The van der Waals surface area contributed by atoms with Crippen LogP contribution in [-0.2, 0) is 14.6 Å². The Bertz CT molecular complexity index is 288. The van der Waals surface area contributed by atoms with Crippen molar-refractivity contribution in [3.8, 4) is 0 Å². The fraction of sp³-hybridized carbons (Fsp3) is 0.900. The minimum atomic E-state index is -2.81. The lowest BCUT2D eigenvalue weighted by Crippen LogP contribution is -2.04.